The number of thiazole rings is 1. The molecule has 0 aliphatic rings. The number of carbonyl (C=O) groups is 2. The number of Topliss-reactive ketones (excluding diaryl/α,β-unsaturated/α-hetero) is 1. The number of aliphatic hydroxyl groups is 1. The fourth-order valence-electron chi connectivity index (χ4n) is 3.84. The Kier molecular flexibility index (Phi) is 9.83. The van der Waals surface area contributed by atoms with Crippen LogP contribution < -0.4 is 11.2 Å². The van der Waals surface area contributed by atoms with Crippen LogP contribution >= 0.6 is 11.3 Å². The molecule has 0 spiro atoms. The quantitative estimate of drug-likeness (QED) is 0.238. The number of carbonyl (C=O) groups excluding carboxylic acids is 2. The van der Waals surface area contributed by atoms with Gasteiger partial charge in [-0.25, -0.2) is 4.79 Å². The van der Waals surface area contributed by atoms with Crippen molar-refractivity contribution in [1.82, 2.24) is 15.4 Å². The molecule has 12 heteroatoms. The molecular formula is C27H31F3N4O4S. The third-order valence-electron chi connectivity index (χ3n) is 5.70. The van der Waals surface area contributed by atoms with E-state index in [1.807, 2.05) is 0 Å². The number of rotatable bonds is 10. The lowest BCUT2D eigenvalue weighted by Crippen LogP contribution is -2.54. The highest BCUT2D eigenvalue weighted by atomic mass is 32.1. The van der Waals surface area contributed by atoms with E-state index in [-0.39, 0.29) is 6.42 Å². The topological polar surface area (TPSA) is 118 Å². The van der Waals surface area contributed by atoms with Crippen molar-refractivity contribution >= 4 is 23.2 Å². The molecule has 1 aromatic heterocycles. The van der Waals surface area contributed by atoms with Gasteiger partial charge in [-0.15, -0.1) is 11.3 Å². The van der Waals surface area contributed by atoms with Crippen LogP contribution in [0.3, 0.4) is 0 Å². The maximum atomic E-state index is 13.5. The van der Waals surface area contributed by atoms with Crippen molar-refractivity contribution < 1.29 is 32.6 Å². The largest absolute Gasteiger partial charge is 0.450 e. The molecule has 8 nitrogen and oxygen atoms in total. The summed E-state index contributed by atoms with van der Waals surface area (Å²) in [5, 5.41) is 12.0. The second kappa shape index (κ2) is 12.7. The molecule has 0 radical (unpaired) electrons. The minimum absolute atomic E-state index is 0.362. The predicted molar refractivity (Wildman–Crippen MR) is 141 cm³/mol. The number of hydrazine groups is 1. The number of nitrogens with one attached hydrogen (secondary N) is 1. The SMILES string of the molecule is CC(C)(C)OC(=O)NN(C[C@@H](O)[C@H](Cc1ccccc1)C(=O)C(F)(F)F)C(N)c1ccc(-c2cncs2)cc1. The maximum Gasteiger partial charge on any atom is 0.450 e. The summed E-state index contributed by atoms with van der Waals surface area (Å²) in [5.74, 6) is -3.91. The summed E-state index contributed by atoms with van der Waals surface area (Å²) in [7, 11) is 0. The van der Waals surface area contributed by atoms with E-state index in [2.05, 4.69) is 10.4 Å². The molecule has 39 heavy (non-hydrogen) atoms. The summed E-state index contributed by atoms with van der Waals surface area (Å²) in [6, 6.07) is 15.0. The minimum atomic E-state index is -5.17. The highest BCUT2D eigenvalue weighted by Gasteiger charge is 2.46. The number of aliphatic hydroxyl groups excluding tert-OH is 1. The first kappa shape index (κ1) is 30.2. The van der Waals surface area contributed by atoms with Crippen LogP contribution in [0.25, 0.3) is 10.4 Å². The van der Waals surface area contributed by atoms with Crippen LogP contribution in [0.5, 0.6) is 0 Å². The number of ketones is 1. The summed E-state index contributed by atoms with van der Waals surface area (Å²) >= 11 is 1.44. The Hall–Kier alpha value is -3.32. The summed E-state index contributed by atoms with van der Waals surface area (Å²) in [4.78, 5) is 29.9. The lowest BCUT2D eigenvalue weighted by Gasteiger charge is -2.34. The van der Waals surface area contributed by atoms with Gasteiger partial charge < -0.3 is 15.6 Å². The van der Waals surface area contributed by atoms with E-state index >= 15 is 0 Å². The van der Waals surface area contributed by atoms with Gasteiger partial charge in [0.1, 0.15) is 11.8 Å². The first-order chi connectivity index (χ1) is 18.2. The fraction of sp³-hybridized carbons (Fsp3) is 0.370. The number of aromatic nitrogens is 1. The monoisotopic (exact) mass is 564 g/mol. The zero-order valence-electron chi connectivity index (χ0n) is 21.7. The van der Waals surface area contributed by atoms with Gasteiger partial charge in [0.2, 0.25) is 5.78 Å². The number of nitrogens with zero attached hydrogens (tertiary/aromatic N) is 2. The molecule has 0 bridgehead atoms. The average molecular weight is 565 g/mol. The van der Waals surface area contributed by atoms with Gasteiger partial charge in [-0.3, -0.25) is 15.2 Å². The first-order valence-electron chi connectivity index (χ1n) is 12.1. The molecule has 1 heterocycles. The Morgan fingerprint density at radius 1 is 1.10 bits per heavy atom. The summed E-state index contributed by atoms with van der Waals surface area (Å²) in [6.45, 7) is 4.33. The van der Waals surface area contributed by atoms with Crippen molar-refractivity contribution in [1.29, 1.82) is 0 Å². The molecule has 0 saturated heterocycles. The van der Waals surface area contributed by atoms with Crippen molar-refractivity contribution in [3.05, 3.63) is 77.4 Å². The Bertz CT molecular complexity index is 1220. The molecular weight excluding hydrogens is 533 g/mol. The van der Waals surface area contributed by atoms with Gasteiger partial charge in [0, 0.05) is 12.7 Å². The molecule has 3 aromatic rings. The standard InChI is InChI=1S/C27H31F3N4O4S/c1-26(2,3)38-25(37)33-34(24(31)19-11-9-18(10-12-19)22-14-32-16-39-22)15-21(35)20(23(36)27(28,29)30)13-17-7-5-4-6-8-17/h4-12,14,16,20-21,24,35H,13,15,31H2,1-3H3,(H,33,37)/t20-,21+,24?/m0/s1. The highest BCUT2D eigenvalue weighted by molar-refractivity contribution is 7.13. The molecule has 210 valence electrons. The normalized spacial score (nSPS) is 14.5. The number of hydrogen-bond donors (Lipinski definition) is 3. The number of nitrogens with two attached hydrogens (primary N) is 1. The lowest BCUT2D eigenvalue weighted by molar-refractivity contribution is -0.179. The molecule has 0 aliphatic heterocycles. The molecule has 2 aromatic carbocycles. The van der Waals surface area contributed by atoms with E-state index in [0.717, 1.165) is 15.4 Å². The van der Waals surface area contributed by atoms with Crippen LogP contribution in [0.1, 0.15) is 38.1 Å². The molecule has 0 saturated carbocycles. The van der Waals surface area contributed by atoms with Crippen molar-refractivity contribution in [2.45, 2.75) is 51.2 Å². The Balaban J connectivity index is 1.88. The maximum absolute atomic E-state index is 13.5. The molecule has 4 N–H and O–H groups in total. The second-order valence-electron chi connectivity index (χ2n) is 9.92. The number of amides is 1. The Morgan fingerprint density at radius 2 is 1.74 bits per heavy atom. The number of benzene rings is 2. The van der Waals surface area contributed by atoms with Crippen molar-refractivity contribution in [3.63, 3.8) is 0 Å². The van der Waals surface area contributed by atoms with E-state index in [1.54, 1.807) is 87.1 Å². The predicted octanol–water partition coefficient (Wildman–Crippen LogP) is 4.86. The molecule has 0 aliphatic carbocycles. The second-order valence-corrected chi connectivity index (χ2v) is 10.8. The Morgan fingerprint density at radius 3 is 2.28 bits per heavy atom. The lowest BCUT2D eigenvalue weighted by atomic mass is 9.89. The van der Waals surface area contributed by atoms with Crippen molar-refractivity contribution in [2.75, 3.05) is 6.54 Å². The number of alkyl halides is 3. The summed E-state index contributed by atoms with van der Waals surface area (Å²) in [6.07, 6.45) is -7.68. The molecule has 3 atom stereocenters. The zero-order valence-corrected chi connectivity index (χ0v) is 22.5. The molecule has 1 unspecified atom stereocenters. The number of hydrogen-bond acceptors (Lipinski definition) is 8. The van der Waals surface area contributed by atoms with Gasteiger partial charge in [-0.1, -0.05) is 54.6 Å². The third-order valence-corrected chi connectivity index (χ3v) is 6.52. The van der Waals surface area contributed by atoms with E-state index < -0.39 is 48.4 Å². The van der Waals surface area contributed by atoms with Crippen LogP contribution in [-0.2, 0) is 16.0 Å². The van der Waals surface area contributed by atoms with Crippen LogP contribution in [-0.4, -0.2) is 51.4 Å². The third kappa shape index (κ3) is 8.85. The molecule has 0 fully saturated rings. The average Bonchev–Trinajstić information content (AvgIpc) is 3.40. The first-order valence-corrected chi connectivity index (χ1v) is 13.0. The van der Waals surface area contributed by atoms with Gasteiger partial charge >= 0.3 is 12.3 Å². The zero-order chi connectivity index (χ0) is 28.8. The van der Waals surface area contributed by atoms with Gasteiger partial charge in [0.15, 0.2) is 0 Å². The van der Waals surface area contributed by atoms with Gasteiger partial charge in [0.05, 0.1) is 22.4 Å². The summed E-state index contributed by atoms with van der Waals surface area (Å²) in [5.41, 5.74) is 11.5. The van der Waals surface area contributed by atoms with E-state index in [1.165, 1.54) is 11.3 Å². The smallest absolute Gasteiger partial charge is 0.443 e. The van der Waals surface area contributed by atoms with Crippen LogP contribution in [0.4, 0.5) is 18.0 Å². The van der Waals surface area contributed by atoms with E-state index in [9.17, 15) is 27.9 Å². The van der Waals surface area contributed by atoms with Crippen LogP contribution in [0.15, 0.2) is 66.3 Å². The van der Waals surface area contributed by atoms with Gasteiger partial charge in [-0.2, -0.15) is 18.2 Å². The van der Waals surface area contributed by atoms with Crippen LogP contribution in [0, 0.1) is 5.92 Å². The van der Waals surface area contributed by atoms with E-state index in [0.29, 0.717) is 11.1 Å². The van der Waals surface area contributed by atoms with Gasteiger partial charge in [0.25, 0.3) is 0 Å². The van der Waals surface area contributed by atoms with Crippen molar-refractivity contribution in [3.8, 4) is 10.4 Å². The number of halogens is 3. The Labute approximate surface area is 228 Å². The molecule has 1 amide bonds. The summed E-state index contributed by atoms with van der Waals surface area (Å²) < 4.78 is 45.7. The highest BCUT2D eigenvalue weighted by Crippen LogP contribution is 2.28. The minimum Gasteiger partial charge on any atom is -0.443 e. The fourth-order valence-corrected chi connectivity index (χ4v) is 4.47. The van der Waals surface area contributed by atoms with E-state index in [4.69, 9.17) is 10.5 Å². The van der Waals surface area contributed by atoms with Gasteiger partial charge in [-0.05, 0) is 43.9 Å². The van der Waals surface area contributed by atoms with Crippen molar-refractivity contribution in [2.24, 2.45) is 11.7 Å². The van der Waals surface area contributed by atoms with Crippen LogP contribution in [0.2, 0.25) is 0 Å². The molecule has 3 rings (SSSR count). The number of ether oxygens (including phenoxy) is 1.